The van der Waals surface area contributed by atoms with Gasteiger partial charge in [-0.05, 0) is 31.5 Å². The van der Waals surface area contributed by atoms with Crippen LogP contribution in [0.3, 0.4) is 0 Å². The summed E-state index contributed by atoms with van der Waals surface area (Å²) in [6, 6.07) is 7.56. The first-order chi connectivity index (χ1) is 9.44. The summed E-state index contributed by atoms with van der Waals surface area (Å²) in [6.45, 7) is 5.81. The summed E-state index contributed by atoms with van der Waals surface area (Å²) in [5, 5.41) is 0.696. The lowest BCUT2D eigenvalue weighted by atomic mass is 9.91. The Labute approximate surface area is 124 Å². The molecule has 5 heteroatoms. The Morgan fingerprint density at radius 3 is 2.70 bits per heavy atom. The van der Waals surface area contributed by atoms with E-state index >= 15 is 0 Å². The predicted octanol–water partition coefficient (Wildman–Crippen LogP) is 2.22. The van der Waals surface area contributed by atoms with E-state index in [1.54, 1.807) is 0 Å². The number of rotatable bonds is 3. The van der Waals surface area contributed by atoms with Crippen molar-refractivity contribution >= 4 is 17.5 Å². The lowest BCUT2D eigenvalue weighted by molar-refractivity contribution is -0.147. The van der Waals surface area contributed by atoms with Crippen LogP contribution in [0.2, 0.25) is 5.02 Å². The maximum Gasteiger partial charge on any atom is 0.229 e. The molecule has 0 saturated carbocycles. The van der Waals surface area contributed by atoms with Crippen molar-refractivity contribution < 1.29 is 9.53 Å². The monoisotopic (exact) mass is 296 g/mol. The fourth-order valence-electron chi connectivity index (χ4n) is 2.23. The van der Waals surface area contributed by atoms with Gasteiger partial charge >= 0.3 is 0 Å². The van der Waals surface area contributed by atoms with Crippen molar-refractivity contribution in [2.75, 3.05) is 26.2 Å². The number of carbonyl (C=O) groups is 1. The standard InChI is InChI=1S/C15H21ClN2O2/c1-15(2,10-17)14(19)18-7-8-20-13(9-18)11-3-5-12(16)6-4-11/h3-6,13H,7-10,17H2,1-2H3. The minimum atomic E-state index is -0.526. The molecule has 0 radical (unpaired) electrons. The van der Waals surface area contributed by atoms with Gasteiger partial charge in [0.2, 0.25) is 5.91 Å². The highest BCUT2D eigenvalue weighted by Gasteiger charge is 2.34. The fraction of sp³-hybridized carbons (Fsp3) is 0.533. The van der Waals surface area contributed by atoms with Crippen molar-refractivity contribution in [2.24, 2.45) is 11.1 Å². The van der Waals surface area contributed by atoms with Gasteiger partial charge in [-0.2, -0.15) is 0 Å². The van der Waals surface area contributed by atoms with Crippen molar-refractivity contribution in [1.29, 1.82) is 0 Å². The molecule has 1 aromatic rings. The zero-order chi connectivity index (χ0) is 14.8. The Morgan fingerprint density at radius 1 is 1.45 bits per heavy atom. The molecule has 2 rings (SSSR count). The third kappa shape index (κ3) is 3.32. The van der Waals surface area contributed by atoms with Gasteiger partial charge < -0.3 is 15.4 Å². The van der Waals surface area contributed by atoms with Crippen molar-refractivity contribution in [3.05, 3.63) is 34.9 Å². The molecule has 0 bridgehead atoms. The lowest BCUT2D eigenvalue weighted by Crippen LogP contribution is -2.49. The second-order valence-electron chi connectivity index (χ2n) is 5.75. The number of hydrogen-bond acceptors (Lipinski definition) is 3. The first kappa shape index (κ1) is 15.3. The maximum atomic E-state index is 12.5. The maximum absolute atomic E-state index is 12.5. The average molecular weight is 297 g/mol. The van der Waals surface area contributed by atoms with E-state index in [4.69, 9.17) is 22.1 Å². The Balaban J connectivity index is 2.09. The van der Waals surface area contributed by atoms with E-state index in [-0.39, 0.29) is 12.0 Å². The van der Waals surface area contributed by atoms with E-state index in [0.717, 1.165) is 5.56 Å². The molecule has 1 amide bonds. The molecule has 1 saturated heterocycles. The Bertz CT molecular complexity index is 473. The van der Waals surface area contributed by atoms with Crippen LogP contribution < -0.4 is 5.73 Å². The van der Waals surface area contributed by atoms with Gasteiger partial charge in [0.1, 0.15) is 6.10 Å². The summed E-state index contributed by atoms with van der Waals surface area (Å²) in [7, 11) is 0. The van der Waals surface area contributed by atoms with Crippen LogP contribution in [0.1, 0.15) is 25.5 Å². The number of nitrogens with two attached hydrogens (primary N) is 1. The van der Waals surface area contributed by atoms with Gasteiger partial charge in [0.15, 0.2) is 0 Å². The molecular formula is C15H21ClN2O2. The topological polar surface area (TPSA) is 55.6 Å². The van der Waals surface area contributed by atoms with Gasteiger partial charge in [0.05, 0.1) is 18.6 Å². The molecule has 1 atom stereocenters. The van der Waals surface area contributed by atoms with Crippen LogP contribution in [0.15, 0.2) is 24.3 Å². The minimum Gasteiger partial charge on any atom is -0.370 e. The largest absolute Gasteiger partial charge is 0.370 e. The summed E-state index contributed by atoms with van der Waals surface area (Å²) in [6.07, 6.45) is -0.0986. The number of amides is 1. The van der Waals surface area contributed by atoms with Gasteiger partial charge in [0, 0.05) is 18.1 Å². The Kier molecular flexibility index (Phi) is 4.68. The van der Waals surface area contributed by atoms with Gasteiger partial charge in [-0.1, -0.05) is 23.7 Å². The quantitative estimate of drug-likeness (QED) is 0.930. The third-order valence-electron chi connectivity index (χ3n) is 3.68. The van der Waals surface area contributed by atoms with Crippen LogP contribution in [0, 0.1) is 5.41 Å². The zero-order valence-corrected chi connectivity index (χ0v) is 12.7. The van der Waals surface area contributed by atoms with Gasteiger partial charge in [0.25, 0.3) is 0 Å². The van der Waals surface area contributed by atoms with E-state index in [2.05, 4.69) is 0 Å². The number of hydrogen-bond donors (Lipinski definition) is 1. The molecule has 1 unspecified atom stereocenters. The number of carbonyl (C=O) groups excluding carboxylic acids is 1. The van der Waals surface area contributed by atoms with Gasteiger partial charge in [-0.15, -0.1) is 0 Å². The zero-order valence-electron chi connectivity index (χ0n) is 11.9. The number of halogens is 1. The van der Waals surface area contributed by atoms with Crippen LogP contribution in [-0.4, -0.2) is 37.0 Å². The van der Waals surface area contributed by atoms with E-state index in [9.17, 15) is 4.79 Å². The van der Waals surface area contributed by atoms with Crippen LogP contribution >= 0.6 is 11.6 Å². The van der Waals surface area contributed by atoms with Crippen molar-refractivity contribution in [1.82, 2.24) is 4.90 Å². The first-order valence-corrected chi connectivity index (χ1v) is 7.18. The molecule has 1 aliphatic heterocycles. The number of benzene rings is 1. The third-order valence-corrected chi connectivity index (χ3v) is 3.94. The van der Waals surface area contributed by atoms with E-state index < -0.39 is 5.41 Å². The molecule has 1 fully saturated rings. The van der Waals surface area contributed by atoms with Crippen LogP contribution in [-0.2, 0) is 9.53 Å². The van der Waals surface area contributed by atoms with Crippen LogP contribution in [0.5, 0.6) is 0 Å². The molecule has 0 spiro atoms. The fourth-order valence-corrected chi connectivity index (χ4v) is 2.35. The SMILES string of the molecule is CC(C)(CN)C(=O)N1CCOC(c2ccc(Cl)cc2)C1. The number of morpholine rings is 1. The molecule has 1 aromatic carbocycles. The normalized spacial score (nSPS) is 20.0. The van der Waals surface area contributed by atoms with Crippen LogP contribution in [0.4, 0.5) is 0 Å². The number of nitrogens with zero attached hydrogens (tertiary/aromatic N) is 1. The predicted molar refractivity (Wildman–Crippen MR) is 79.6 cm³/mol. The highest BCUT2D eigenvalue weighted by molar-refractivity contribution is 6.30. The Morgan fingerprint density at radius 2 is 2.10 bits per heavy atom. The summed E-state index contributed by atoms with van der Waals surface area (Å²) in [5.74, 6) is 0.0854. The molecule has 0 aromatic heterocycles. The average Bonchev–Trinajstić information content (AvgIpc) is 2.47. The second kappa shape index (κ2) is 6.12. The molecule has 4 nitrogen and oxygen atoms in total. The minimum absolute atomic E-state index is 0.0854. The molecule has 1 heterocycles. The second-order valence-corrected chi connectivity index (χ2v) is 6.19. The van der Waals surface area contributed by atoms with E-state index in [1.807, 2.05) is 43.0 Å². The summed E-state index contributed by atoms with van der Waals surface area (Å²) < 4.78 is 5.76. The van der Waals surface area contributed by atoms with Gasteiger partial charge in [-0.25, -0.2) is 0 Å². The molecule has 110 valence electrons. The summed E-state index contributed by atoms with van der Waals surface area (Å²) in [5.41, 5.74) is 6.20. The van der Waals surface area contributed by atoms with Crippen molar-refractivity contribution in [3.63, 3.8) is 0 Å². The van der Waals surface area contributed by atoms with Crippen molar-refractivity contribution in [2.45, 2.75) is 20.0 Å². The summed E-state index contributed by atoms with van der Waals surface area (Å²) >= 11 is 5.89. The summed E-state index contributed by atoms with van der Waals surface area (Å²) in [4.78, 5) is 14.3. The number of ether oxygens (including phenoxy) is 1. The Hall–Kier alpha value is -1.10. The van der Waals surface area contributed by atoms with Crippen LogP contribution in [0.25, 0.3) is 0 Å². The highest BCUT2D eigenvalue weighted by Crippen LogP contribution is 2.26. The van der Waals surface area contributed by atoms with E-state index in [1.165, 1.54) is 0 Å². The molecule has 20 heavy (non-hydrogen) atoms. The molecular weight excluding hydrogens is 276 g/mol. The molecule has 1 aliphatic rings. The smallest absolute Gasteiger partial charge is 0.229 e. The van der Waals surface area contributed by atoms with Crippen molar-refractivity contribution in [3.8, 4) is 0 Å². The van der Waals surface area contributed by atoms with Gasteiger partial charge in [-0.3, -0.25) is 4.79 Å². The highest BCUT2D eigenvalue weighted by atomic mass is 35.5. The van der Waals surface area contributed by atoms with E-state index in [0.29, 0.717) is 31.3 Å². The molecule has 0 aliphatic carbocycles. The first-order valence-electron chi connectivity index (χ1n) is 6.80. The molecule has 2 N–H and O–H groups in total. The lowest BCUT2D eigenvalue weighted by Gasteiger charge is -2.37.